The number of quaternary nitrogens is 1. The van der Waals surface area contributed by atoms with Gasteiger partial charge in [0.15, 0.2) is 0 Å². The van der Waals surface area contributed by atoms with E-state index in [-0.39, 0.29) is 5.69 Å². The van der Waals surface area contributed by atoms with Gasteiger partial charge in [0.2, 0.25) is 0 Å². The van der Waals surface area contributed by atoms with Crippen LogP contribution in [0.25, 0.3) is 11.0 Å². The maximum atomic E-state index is 11.7. The van der Waals surface area contributed by atoms with Gasteiger partial charge in [0.25, 0.3) is 0 Å². The van der Waals surface area contributed by atoms with Gasteiger partial charge in [-0.2, -0.15) is 0 Å². The summed E-state index contributed by atoms with van der Waals surface area (Å²) in [5.74, 6) is 0. The molecule has 0 aliphatic carbocycles. The molecule has 0 fully saturated rings. The molecule has 2 aromatic rings. The van der Waals surface area contributed by atoms with Gasteiger partial charge in [-0.1, -0.05) is 6.07 Å². The molecule has 4 nitrogen and oxygen atoms in total. The van der Waals surface area contributed by atoms with Crippen LogP contribution in [0.1, 0.15) is 5.56 Å². The van der Waals surface area contributed by atoms with E-state index in [2.05, 4.69) is 17.4 Å². The SMILES string of the molecule is C[NH2+]Cc1ccc2c(c1)n(C)c(=O)n2C. The minimum absolute atomic E-state index is 0.0302. The summed E-state index contributed by atoms with van der Waals surface area (Å²) in [6, 6.07) is 6.16. The summed E-state index contributed by atoms with van der Waals surface area (Å²) in [6.07, 6.45) is 0. The van der Waals surface area contributed by atoms with E-state index in [1.807, 2.05) is 20.2 Å². The Bertz CT molecular complexity index is 551. The molecule has 0 atom stereocenters. The molecule has 1 aromatic carbocycles. The summed E-state index contributed by atoms with van der Waals surface area (Å²) in [6.45, 7) is 0.943. The lowest BCUT2D eigenvalue weighted by molar-refractivity contribution is -0.643. The maximum absolute atomic E-state index is 11.7. The van der Waals surface area contributed by atoms with Crippen molar-refractivity contribution in [2.45, 2.75) is 6.54 Å². The minimum Gasteiger partial charge on any atom is -0.345 e. The highest BCUT2D eigenvalue weighted by Crippen LogP contribution is 2.13. The van der Waals surface area contributed by atoms with Gasteiger partial charge >= 0.3 is 5.69 Å². The second-order valence-electron chi connectivity index (χ2n) is 3.84. The van der Waals surface area contributed by atoms with Gasteiger partial charge in [0.1, 0.15) is 6.54 Å². The van der Waals surface area contributed by atoms with Crippen molar-refractivity contribution in [3.8, 4) is 0 Å². The summed E-state index contributed by atoms with van der Waals surface area (Å²) in [5.41, 5.74) is 3.26. The van der Waals surface area contributed by atoms with Crippen molar-refractivity contribution in [2.24, 2.45) is 14.1 Å². The maximum Gasteiger partial charge on any atom is 0.328 e. The van der Waals surface area contributed by atoms with Gasteiger partial charge in [-0.3, -0.25) is 9.13 Å². The Morgan fingerprint density at radius 1 is 1.20 bits per heavy atom. The van der Waals surface area contributed by atoms with E-state index in [9.17, 15) is 4.79 Å². The highest BCUT2D eigenvalue weighted by atomic mass is 16.1. The van der Waals surface area contributed by atoms with Gasteiger partial charge in [0.05, 0.1) is 18.1 Å². The van der Waals surface area contributed by atoms with Crippen molar-refractivity contribution in [1.82, 2.24) is 9.13 Å². The van der Waals surface area contributed by atoms with E-state index >= 15 is 0 Å². The zero-order valence-corrected chi connectivity index (χ0v) is 9.32. The van der Waals surface area contributed by atoms with Crippen molar-refractivity contribution in [3.63, 3.8) is 0 Å². The molecule has 2 rings (SSSR count). The van der Waals surface area contributed by atoms with Crippen LogP contribution < -0.4 is 11.0 Å². The molecule has 1 aromatic heterocycles. The lowest BCUT2D eigenvalue weighted by atomic mass is 10.2. The average molecular weight is 206 g/mol. The van der Waals surface area contributed by atoms with Crippen LogP contribution in [0.2, 0.25) is 0 Å². The monoisotopic (exact) mass is 206 g/mol. The number of aryl methyl sites for hydroxylation is 2. The van der Waals surface area contributed by atoms with Crippen molar-refractivity contribution < 1.29 is 5.32 Å². The summed E-state index contributed by atoms with van der Waals surface area (Å²) in [7, 11) is 5.65. The largest absolute Gasteiger partial charge is 0.345 e. The fourth-order valence-corrected chi connectivity index (χ4v) is 1.92. The van der Waals surface area contributed by atoms with E-state index in [1.165, 1.54) is 5.56 Å². The molecule has 0 radical (unpaired) electrons. The van der Waals surface area contributed by atoms with E-state index in [0.29, 0.717) is 0 Å². The average Bonchev–Trinajstić information content (AvgIpc) is 2.45. The Morgan fingerprint density at radius 3 is 2.53 bits per heavy atom. The molecule has 0 unspecified atom stereocenters. The van der Waals surface area contributed by atoms with Crippen molar-refractivity contribution >= 4 is 11.0 Å². The number of nitrogens with zero attached hydrogens (tertiary/aromatic N) is 2. The minimum atomic E-state index is 0.0302. The number of benzene rings is 1. The first kappa shape index (κ1) is 9.98. The quantitative estimate of drug-likeness (QED) is 0.712. The van der Waals surface area contributed by atoms with Crippen LogP contribution >= 0.6 is 0 Å². The van der Waals surface area contributed by atoms with Gasteiger partial charge in [-0.15, -0.1) is 0 Å². The number of rotatable bonds is 2. The molecule has 80 valence electrons. The molecule has 15 heavy (non-hydrogen) atoms. The molecule has 2 N–H and O–H groups in total. The number of nitrogens with two attached hydrogens (primary N) is 1. The molecule has 1 heterocycles. The van der Waals surface area contributed by atoms with Crippen LogP contribution in [0.4, 0.5) is 0 Å². The molecular weight excluding hydrogens is 190 g/mol. The van der Waals surface area contributed by atoms with Crippen LogP contribution in [0.3, 0.4) is 0 Å². The predicted molar refractivity (Wildman–Crippen MR) is 59.7 cm³/mol. The molecule has 0 bridgehead atoms. The molecule has 0 aliphatic heterocycles. The number of imidazole rings is 1. The fraction of sp³-hybridized carbons (Fsp3) is 0.364. The second kappa shape index (κ2) is 3.55. The van der Waals surface area contributed by atoms with Crippen LogP contribution in [0.15, 0.2) is 23.0 Å². The molecule has 0 aliphatic rings. The third-order valence-electron chi connectivity index (χ3n) is 2.78. The first-order valence-electron chi connectivity index (χ1n) is 5.07. The summed E-state index contributed by atoms with van der Waals surface area (Å²) >= 11 is 0. The van der Waals surface area contributed by atoms with Gasteiger partial charge in [0, 0.05) is 19.7 Å². The van der Waals surface area contributed by atoms with Crippen LogP contribution in [-0.4, -0.2) is 16.2 Å². The van der Waals surface area contributed by atoms with Crippen molar-refractivity contribution in [1.29, 1.82) is 0 Å². The van der Waals surface area contributed by atoms with E-state index in [0.717, 1.165) is 17.6 Å². The second-order valence-corrected chi connectivity index (χ2v) is 3.84. The zero-order chi connectivity index (χ0) is 11.0. The first-order valence-corrected chi connectivity index (χ1v) is 5.07. The Kier molecular flexibility index (Phi) is 2.36. The summed E-state index contributed by atoms with van der Waals surface area (Å²) in [4.78, 5) is 11.7. The highest BCUT2D eigenvalue weighted by molar-refractivity contribution is 5.76. The lowest BCUT2D eigenvalue weighted by Gasteiger charge is -1.99. The third kappa shape index (κ3) is 1.47. The summed E-state index contributed by atoms with van der Waals surface area (Å²) < 4.78 is 3.36. The van der Waals surface area contributed by atoms with Gasteiger partial charge < -0.3 is 5.32 Å². The van der Waals surface area contributed by atoms with Gasteiger partial charge in [-0.05, 0) is 12.1 Å². The molecular formula is C11H16N3O+. The molecule has 0 amide bonds. The lowest BCUT2D eigenvalue weighted by Crippen LogP contribution is -2.77. The zero-order valence-electron chi connectivity index (χ0n) is 9.32. The van der Waals surface area contributed by atoms with E-state index in [1.54, 1.807) is 16.2 Å². The van der Waals surface area contributed by atoms with Crippen LogP contribution in [-0.2, 0) is 20.6 Å². The third-order valence-corrected chi connectivity index (χ3v) is 2.78. The van der Waals surface area contributed by atoms with E-state index < -0.39 is 0 Å². The van der Waals surface area contributed by atoms with Crippen molar-refractivity contribution in [2.75, 3.05) is 7.05 Å². The smallest absolute Gasteiger partial charge is 0.328 e. The number of fused-ring (bicyclic) bond motifs is 1. The Morgan fingerprint density at radius 2 is 1.87 bits per heavy atom. The number of hydrogen-bond donors (Lipinski definition) is 1. The highest BCUT2D eigenvalue weighted by Gasteiger charge is 2.07. The first-order chi connectivity index (χ1) is 7.15. The van der Waals surface area contributed by atoms with Crippen molar-refractivity contribution in [3.05, 3.63) is 34.2 Å². The number of aromatic nitrogens is 2. The van der Waals surface area contributed by atoms with Gasteiger partial charge in [-0.25, -0.2) is 4.79 Å². The Hall–Kier alpha value is -1.55. The van der Waals surface area contributed by atoms with Crippen LogP contribution in [0, 0.1) is 0 Å². The standard InChI is InChI=1S/C11H15N3O/c1-12-7-8-4-5-9-10(6-8)14(3)11(15)13(9)2/h4-6,12H,7H2,1-3H3/p+1. The van der Waals surface area contributed by atoms with E-state index in [4.69, 9.17) is 0 Å². The molecule has 0 saturated heterocycles. The molecule has 4 heteroatoms. The Balaban J connectivity index is 2.71. The normalized spacial score (nSPS) is 11.1. The molecule has 0 saturated carbocycles. The molecule has 0 spiro atoms. The Labute approximate surface area is 88.1 Å². The van der Waals surface area contributed by atoms with Crippen LogP contribution in [0.5, 0.6) is 0 Å². The summed E-state index contributed by atoms with van der Waals surface area (Å²) in [5, 5.41) is 2.11. The fourth-order valence-electron chi connectivity index (χ4n) is 1.92. The number of hydrogen-bond acceptors (Lipinski definition) is 1. The predicted octanol–water partition coefficient (Wildman–Crippen LogP) is -0.430. The topological polar surface area (TPSA) is 43.5 Å².